The van der Waals surface area contributed by atoms with Crippen molar-refractivity contribution in [1.82, 2.24) is 10.2 Å². The number of amides is 1. The number of carbonyl (C=O) groups is 1. The predicted octanol–water partition coefficient (Wildman–Crippen LogP) is 3.25. The van der Waals surface area contributed by atoms with Gasteiger partial charge in [-0.1, -0.05) is 0 Å². The molecule has 0 spiro atoms. The third-order valence-electron chi connectivity index (χ3n) is 5.82. The topological polar surface area (TPSA) is 60.0 Å². The van der Waals surface area contributed by atoms with Crippen LogP contribution in [-0.4, -0.2) is 50.9 Å². The van der Waals surface area contributed by atoms with Crippen molar-refractivity contribution in [2.75, 3.05) is 40.1 Å². The molecule has 0 radical (unpaired) electrons. The van der Waals surface area contributed by atoms with Crippen molar-refractivity contribution < 1.29 is 23.4 Å². The van der Waals surface area contributed by atoms with E-state index in [0.717, 1.165) is 44.5 Å². The fourth-order valence-electron chi connectivity index (χ4n) is 4.03. The minimum absolute atomic E-state index is 0.114. The molecule has 0 unspecified atom stereocenters. The lowest BCUT2D eigenvalue weighted by molar-refractivity contribution is 0.0943. The number of halogens is 1. The summed E-state index contributed by atoms with van der Waals surface area (Å²) in [6.07, 6.45) is 2.78. The summed E-state index contributed by atoms with van der Waals surface area (Å²) < 4.78 is 29.9. The molecule has 30 heavy (non-hydrogen) atoms. The van der Waals surface area contributed by atoms with E-state index in [-0.39, 0.29) is 18.5 Å². The maximum absolute atomic E-state index is 14.1. The van der Waals surface area contributed by atoms with E-state index in [2.05, 4.69) is 10.2 Å². The van der Waals surface area contributed by atoms with E-state index >= 15 is 0 Å². The molecule has 2 aliphatic rings. The van der Waals surface area contributed by atoms with Crippen molar-refractivity contribution in [1.29, 1.82) is 0 Å². The lowest BCUT2D eigenvalue weighted by atomic mass is 9.90. The first-order chi connectivity index (χ1) is 14.6. The van der Waals surface area contributed by atoms with Crippen LogP contribution in [0.5, 0.6) is 17.2 Å². The molecule has 0 aliphatic carbocycles. The van der Waals surface area contributed by atoms with E-state index in [1.165, 1.54) is 6.07 Å². The van der Waals surface area contributed by atoms with Gasteiger partial charge in [-0.15, -0.1) is 0 Å². The molecule has 1 amide bonds. The fourth-order valence-corrected chi connectivity index (χ4v) is 4.03. The van der Waals surface area contributed by atoms with Crippen LogP contribution in [0, 0.1) is 11.7 Å². The molecule has 0 bridgehead atoms. The van der Waals surface area contributed by atoms with Crippen molar-refractivity contribution in [3.05, 3.63) is 53.3 Å². The molecule has 0 saturated carbocycles. The van der Waals surface area contributed by atoms with Crippen LogP contribution in [0.15, 0.2) is 36.4 Å². The number of methoxy groups -OCH3 is 1. The Labute approximate surface area is 175 Å². The smallest absolute Gasteiger partial charge is 0.251 e. The molecule has 2 aromatic rings. The summed E-state index contributed by atoms with van der Waals surface area (Å²) in [5, 5.41) is 2.97. The summed E-state index contributed by atoms with van der Waals surface area (Å²) in [5.41, 5.74) is 1.29. The highest BCUT2D eigenvalue weighted by molar-refractivity contribution is 5.94. The maximum Gasteiger partial charge on any atom is 0.251 e. The Morgan fingerprint density at radius 2 is 1.97 bits per heavy atom. The number of ether oxygens (including phenoxy) is 3. The number of rotatable bonds is 7. The number of carbonyl (C=O) groups excluding carboxylic acids is 1. The Bertz CT molecular complexity index is 897. The zero-order valence-corrected chi connectivity index (χ0v) is 17.2. The van der Waals surface area contributed by atoms with Crippen LogP contribution in [0.25, 0.3) is 0 Å². The van der Waals surface area contributed by atoms with Crippen LogP contribution >= 0.6 is 0 Å². The number of piperidine rings is 1. The zero-order chi connectivity index (χ0) is 20.9. The van der Waals surface area contributed by atoms with Crippen LogP contribution in [0.4, 0.5) is 4.39 Å². The van der Waals surface area contributed by atoms with Gasteiger partial charge in [-0.2, -0.15) is 0 Å². The Morgan fingerprint density at radius 1 is 1.17 bits per heavy atom. The third kappa shape index (κ3) is 4.84. The van der Waals surface area contributed by atoms with E-state index in [9.17, 15) is 9.18 Å². The van der Waals surface area contributed by atoms with E-state index in [1.807, 2.05) is 0 Å². The van der Waals surface area contributed by atoms with Crippen LogP contribution in [0.3, 0.4) is 0 Å². The highest BCUT2D eigenvalue weighted by atomic mass is 19.1. The molecule has 0 aromatic heterocycles. The molecular formula is C23H27FN2O4. The van der Waals surface area contributed by atoms with Crippen LogP contribution in [0.1, 0.15) is 28.8 Å². The molecule has 1 saturated heterocycles. The SMILES string of the molecule is COc1ccc(F)c(CC2CCN(CCNC(=O)c3ccc4c(c3)OCO4)CC2)c1. The van der Waals surface area contributed by atoms with E-state index in [0.29, 0.717) is 35.3 Å². The Balaban J connectivity index is 1.19. The summed E-state index contributed by atoms with van der Waals surface area (Å²) in [4.78, 5) is 14.7. The van der Waals surface area contributed by atoms with Gasteiger partial charge in [-0.3, -0.25) is 4.79 Å². The summed E-state index contributed by atoms with van der Waals surface area (Å²) >= 11 is 0. The summed E-state index contributed by atoms with van der Waals surface area (Å²) in [6.45, 7) is 3.49. The van der Waals surface area contributed by atoms with Gasteiger partial charge in [0, 0.05) is 18.7 Å². The van der Waals surface area contributed by atoms with Crippen molar-refractivity contribution >= 4 is 5.91 Å². The van der Waals surface area contributed by atoms with Gasteiger partial charge in [0.2, 0.25) is 6.79 Å². The second-order valence-corrected chi connectivity index (χ2v) is 7.77. The number of hydrogen-bond acceptors (Lipinski definition) is 5. The second kappa shape index (κ2) is 9.34. The number of nitrogens with zero attached hydrogens (tertiary/aromatic N) is 1. The number of benzene rings is 2. The van der Waals surface area contributed by atoms with Gasteiger partial charge in [-0.05, 0) is 80.2 Å². The molecule has 1 fully saturated rings. The summed E-state index contributed by atoms with van der Waals surface area (Å²) in [7, 11) is 1.60. The van der Waals surface area contributed by atoms with E-state index in [1.54, 1.807) is 37.4 Å². The second-order valence-electron chi connectivity index (χ2n) is 7.77. The lowest BCUT2D eigenvalue weighted by Crippen LogP contribution is -2.40. The molecule has 2 heterocycles. The number of fused-ring (bicyclic) bond motifs is 1. The van der Waals surface area contributed by atoms with Gasteiger partial charge in [0.05, 0.1) is 7.11 Å². The van der Waals surface area contributed by atoms with Crippen molar-refractivity contribution in [2.24, 2.45) is 5.92 Å². The highest BCUT2D eigenvalue weighted by Gasteiger charge is 2.21. The molecule has 0 atom stereocenters. The van der Waals surface area contributed by atoms with E-state index in [4.69, 9.17) is 14.2 Å². The molecule has 2 aromatic carbocycles. The van der Waals surface area contributed by atoms with Gasteiger partial charge in [0.15, 0.2) is 11.5 Å². The average molecular weight is 414 g/mol. The van der Waals surface area contributed by atoms with Crippen LogP contribution < -0.4 is 19.5 Å². The fraction of sp³-hybridized carbons (Fsp3) is 0.435. The number of nitrogens with one attached hydrogen (secondary N) is 1. The first kappa shape index (κ1) is 20.5. The van der Waals surface area contributed by atoms with Crippen molar-refractivity contribution in [3.8, 4) is 17.2 Å². The summed E-state index contributed by atoms with van der Waals surface area (Å²) in [5.74, 6) is 2.16. The number of hydrogen-bond donors (Lipinski definition) is 1. The molecule has 160 valence electrons. The Morgan fingerprint density at radius 3 is 2.77 bits per heavy atom. The molecule has 2 aliphatic heterocycles. The normalized spacial score (nSPS) is 16.5. The molecule has 7 heteroatoms. The van der Waals surface area contributed by atoms with Gasteiger partial charge < -0.3 is 24.4 Å². The van der Waals surface area contributed by atoms with Gasteiger partial charge in [-0.25, -0.2) is 4.39 Å². The minimum Gasteiger partial charge on any atom is -0.497 e. The molecule has 6 nitrogen and oxygen atoms in total. The Hall–Kier alpha value is -2.80. The van der Waals surface area contributed by atoms with Crippen LogP contribution in [-0.2, 0) is 6.42 Å². The molecule has 4 rings (SSSR count). The van der Waals surface area contributed by atoms with Crippen molar-refractivity contribution in [3.63, 3.8) is 0 Å². The number of likely N-dealkylation sites (tertiary alicyclic amines) is 1. The summed E-state index contributed by atoms with van der Waals surface area (Å²) in [6, 6.07) is 10.1. The third-order valence-corrected chi connectivity index (χ3v) is 5.82. The largest absolute Gasteiger partial charge is 0.497 e. The standard InChI is InChI=1S/C23H27FN2O4/c1-28-19-3-4-20(24)18(13-19)12-16-6-9-26(10-7-16)11-8-25-23(27)17-2-5-21-22(14-17)30-15-29-21/h2-5,13-14,16H,6-12,15H2,1H3,(H,25,27). The molecular weight excluding hydrogens is 387 g/mol. The maximum atomic E-state index is 14.1. The minimum atomic E-state index is -0.163. The first-order valence-electron chi connectivity index (χ1n) is 10.3. The molecule has 1 N–H and O–H groups in total. The first-order valence-corrected chi connectivity index (χ1v) is 10.3. The quantitative estimate of drug-likeness (QED) is 0.754. The van der Waals surface area contributed by atoms with E-state index < -0.39 is 0 Å². The van der Waals surface area contributed by atoms with Crippen molar-refractivity contribution in [2.45, 2.75) is 19.3 Å². The highest BCUT2D eigenvalue weighted by Crippen LogP contribution is 2.32. The predicted molar refractivity (Wildman–Crippen MR) is 111 cm³/mol. The van der Waals surface area contributed by atoms with Gasteiger partial charge in [0.25, 0.3) is 5.91 Å². The van der Waals surface area contributed by atoms with Gasteiger partial charge >= 0.3 is 0 Å². The monoisotopic (exact) mass is 414 g/mol. The lowest BCUT2D eigenvalue weighted by Gasteiger charge is -2.32. The Kier molecular flexibility index (Phi) is 6.38. The van der Waals surface area contributed by atoms with Crippen LogP contribution in [0.2, 0.25) is 0 Å². The zero-order valence-electron chi connectivity index (χ0n) is 17.2. The average Bonchev–Trinajstić information content (AvgIpc) is 3.24. The van der Waals surface area contributed by atoms with Gasteiger partial charge in [0.1, 0.15) is 11.6 Å².